The Morgan fingerprint density at radius 2 is 1.51 bits per heavy atom. The van der Waals surface area contributed by atoms with Crippen molar-refractivity contribution in [2.24, 2.45) is 17.3 Å². The van der Waals surface area contributed by atoms with E-state index >= 15 is 0 Å². The van der Waals surface area contributed by atoms with Gasteiger partial charge in [-0.25, -0.2) is 10.2 Å². The molecule has 2 aromatic carbocycles. The molecule has 0 fully saturated rings. The minimum Gasteiger partial charge on any atom is -0.483 e. The van der Waals surface area contributed by atoms with Gasteiger partial charge in [-0.15, -0.1) is 55.0 Å². The number of hydrogen-bond donors (Lipinski definition) is 0. The van der Waals surface area contributed by atoms with E-state index in [1.54, 1.807) is 52.2 Å². The number of alkyl halides is 3. The molecule has 0 aliphatic carbocycles. The van der Waals surface area contributed by atoms with E-state index in [2.05, 4.69) is 42.5 Å². The predicted molar refractivity (Wildman–Crippen MR) is 143 cm³/mol. The summed E-state index contributed by atoms with van der Waals surface area (Å²) in [6.07, 6.45) is -0.00859. The van der Waals surface area contributed by atoms with E-state index in [-0.39, 0.29) is 37.0 Å². The number of hydrazone groups is 2. The maximum atomic E-state index is 13.7. The first-order valence-corrected chi connectivity index (χ1v) is 12.1. The first-order chi connectivity index (χ1) is 19.9. The standard InChI is InChI=1S/C13H12F3N6.C13H9F2N5.Ir/c1-19-8-21(6-17-19)11-3-10(13(14,15)16)4-12(5-11)22-7-18-20(2)9-22;1-7-16-12(19-18-7)13-17-11(6-20(13)2)9-4-3-8(14)5-10(9)15;/h3-4,6-9H,1-2H3;3,5-6H,1-2H3;/q-3;-2;. The van der Waals surface area contributed by atoms with Crippen molar-refractivity contribution in [1.82, 2.24) is 34.8 Å². The molecule has 0 bridgehead atoms. The molecule has 1 radical (unpaired) electrons. The molecule has 4 aromatic rings. The third kappa shape index (κ3) is 7.17. The summed E-state index contributed by atoms with van der Waals surface area (Å²) in [4.78, 5) is 11.3. The van der Waals surface area contributed by atoms with Crippen molar-refractivity contribution in [2.45, 2.75) is 13.1 Å². The number of halogens is 5. The predicted octanol–water partition coefficient (Wildman–Crippen LogP) is 4.02. The van der Waals surface area contributed by atoms with Gasteiger partial charge in [-0.2, -0.15) is 13.2 Å². The van der Waals surface area contributed by atoms with Crippen LogP contribution in [0.3, 0.4) is 0 Å². The fourth-order valence-corrected chi connectivity index (χ4v) is 3.83. The number of benzene rings is 2. The van der Waals surface area contributed by atoms with Crippen molar-refractivity contribution in [3.05, 3.63) is 79.0 Å². The van der Waals surface area contributed by atoms with Crippen LogP contribution >= 0.6 is 0 Å². The normalized spacial score (nSPS) is 14.3. The van der Waals surface area contributed by atoms with Gasteiger partial charge in [0.25, 0.3) is 0 Å². The van der Waals surface area contributed by atoms with Crippen molar-refractivity contribution in [2.75, 3.05) is 23.9 Å². The maximum absolute atomic E-state index is 13.7. The van der Waals surface area contributed by atoms with E-state index in [1.807, 2.05) is 0 Å². The second-order valence-electron chi connectivity index (χ2n) is 9.08. The second kappa shape index (κ2) is 12.5. The summed E-state index contributed by atoms with van der Waals surface area (Å²) >= 11 is 0. The van der Waals surface area contributed by atoms with E-state index in [0.29, 0.717) is 23.2 Å². The molecule has 43 heavy (non-hydrogen) atoms. The zero-order chi connectivity index (χ0) is 30.2. The summed E-state index contributed by atoms with van der Waals surface area (Å²) in [6.45, 7) is 4.83. The molecule has 4 heterocycles. The summed E-state index contributed by atoms with van der Waals surface area (Å²) in [5.41, 5.74) is 0.166. The van der Waals surface area contributed by atoms with Crippen LogP contribution in [-0.2, 0) is 33.3 Å². The van der Waals surface area contributed by atoms with Crippen LogP contribution in [0.2, 0.25) is 0 Å². The minimum absolute atomic E-state index is 0. The van der Waals surface area contributed by atoms with Gasteiger partial charge in [0.05, 0.1) is 12.7 Å². The summed E-state index contributed by atoms with van der Waals surface area (Å²) in [5.74, 6) is -0.0467. The summed E-state index contributed by atoms with van der Waals surface area (Å²) < 4.78 is 67.6. The fraction of sp³-hybridized carbons (Fsp3) is 0.192. The first-order valence-electron chi connectivity index (χ1n) is 12.1. The van der Waals surface area contributed by atoms with Gasteiger partial charge in [-0.05, 0) is 27.2 Å². The van der Waals surface area contributed by atoms with Crippen LogP contribution in [-0.4, -0.2) is 56.4 Å². The van der Waals surface area contributed by atoms with Crippen molar-refractivity contribution in [3.8, 4) is 22.9 Å². The van der Waals surface area contributed by atoms with Crippen LogP contribution in [0.1, 0.15) is 11.4 Å². The Morgan fingerprint density at radius 3 is 1.98 bits per heavy atom. The number of rotatable bonds is 4. The third-order valence-electron chi connectivity index (χ3n) is 5.77. The van der Waals surface area contributed by atoms with Gasteiger partial charge in [0.2, 0.25) is 0 Å². The molecule has 0 unspecified atom stereocenters. The number of aromatic nitrogens is 5. The quantitative estimate of drug-likeness (QED) is 0.227. The zero-order valence-electron chi connectivity index (χ0n) is 22.8. The maximum Gasteiger partial charge on any atom is 0.394 e. The summed E-state index contributed by atoms with van der Waals surface area (Å²) in [6, 6.07) is 9.39. The van der Waals surface area contributed by atoms with Gasteiger partial charge in [0.1, 0.15) is 5.82 Å². The van der Waals surface area contributed by atoms with Gasteiger partial charge in [0, 0.05) is 56.1 Å². The average Bonchev–Trinajstić information content (AvgIpc) is 3.72. The average molecular weight is 775 g/mol. The number of nitrogens with zero attached hydrogens (tertiary/aromatic N) is 11. The van der Waals surface area contributed by atoms with Crippen LogP contribution in [0.15, 0.2) is 40.7 Å². The molecule has 0 saturated heterocycles. The number of aryl methyl sites for hydroxylation is 2. The Balaban J connectivity index is 0.000000193. The second-order valence-corrected chi connectivity index (χ2v) is 9.08. The molecule has 0 saturated carbocycles. The van der Waals surface area contributed by atoms with E-state index in [0.717, 1.165) is 24.3 Å². The van der Waals surface area contributed by atoms with Crippen molar-refractivity contribution in [1.29, 1.82) is 0 Å². The van der Waals surface area contributed by atoms with Crippen LogP contribution in [0.5, 0.6) is 0 Å². The monoisotopic (exact) mass is 775 g/mol. The van der Waals surface area contributed by atoms with E-state index in [9.17, 15) is 22.0 Å². The molecular weight excluding hydrogens is 754 g/mol. The van der Waals surface area contributed by atoms with Crippen LogP contribution in [0.25, 0.3) is 22.9 Å². The zero-order valence-corrected chi connectivity index (χ0v) is 25.2. The minimum atomic E-state index is -4.45. The molecular formula is C26H21F5IrN11-5. The molecule has 11 nitrogen and oxygen atoms in total. The summed E-state index contributed by atoms with van der Waals surface area (Å²) in [7, 11) is 5.10. The molecule has 17 heteroatoms. The van der Waals surface area contributed by atoms with Crippen molar-refractivity contribution < 1.29 is 42.1 Å². The Hall–Kier alpha value is -4.37. The van der Waals surface area contributed by atoms with Crippen LogP contribution in [0.4, 0.5) is 33.3 Å². The van der Waals surface area contributed by atoms with Gasteiger partial charge >= 0.3 is 6.18 Å². The Morgan fingerprint density at radius 1 is 0.907 bits per heavy atom. The molecule has 0 amide bonds. The van der Waals surface area contributed by atoms with Gasteiger partial charge < -0.3 is 34.5 Å². The number of hydrogen-bond acceptors (Lipinski definition) is 9. The number of imidazole rings is 1. The largest absolute Gasteiger partial charge is 0.483 e. The molecule has 0 N–H and O–H groups in total. The molecule has 2 aromatic heterocycles. The summed E-state index contributed by atoms with van der Waals surface area (Å²) in [5, 5.41) is 18.6. The van der Waals surface area contributed by atoms with E-state index < -0.39 is 23.4 Å². The Labute approximate surface area is 256 Å². The van der Waals surface area contributed by atoms with E-state index in [1.165, 1.54) is 32.5 Å². The van der Waals surface area contributed by atoms with Crippen LogP contribution in [0, 0.1) is 44.0 Å². The first kappa shape index (κ1) is 31.6. The van der Waals surface area contributed by atoms with Crippen molar-refractivity contribution >= 4 is 24.1 Å². The van der Waals surface area contributed by atoms with Gasteiger partial charge in [-0.3, -0.25) is 18.9 Å². The number of anilines is 2. The molecule has 2 aliphatic heterocycles. The van der Waals surface area contributed by atoms with Gasteiger partial charge in [0.15, 0.2) is 0 Å². The van der Waals surface area contributed by atoms with Gasteiger partial charge in [-0.1, -0.05) is 17.2 Å². The van der Waals surface area contributed by atoms with Crippen LogP contribution < -0.4 is 14.9 Å². The van der Waals surface area contributed by atoms with E-state index in [4.69, 9.17) is 0 Å². The Bertz CT molecular complexity index is 1600. The molecule has 0 atom stereocenters. The third-order valence-corrected chi connectivity index (χ3v) is 5.77. The SMILES string of the molecule is CN1[CH-]N(c2[c-]c(N3C=NN(C)[CH-]3)cc(C(F)(F)F)c2)C=N1.Cc1n[n-]c(-c2nc(-c3[c-]cc(F)cc3F)cn2C)n1.[Ir]. The Kier molecular flexibility index (Phi) is 9.15. The van der Waals surface area contributed by atoms with Crippen molar-refractivity contribution in [3.63, 3.8) is 0 Å². The smallest absolute Gasteiger partial charge is 0.394 e. The topological polar surface area (TPSA) is 95.4 Å². The molecule has 0 spiro atoms. The fourth-order valence-electron chi connectivity index (χ4n) is 3.83. The molecule has 229 valence electrons. The molecule has 6 rings (SSSR count). The molecule has 2 aliphatic rings.